The second-order valence-electron chi connectivity index (χ2n) is 8.44. The maximum atomic E-state index is 13.4. The number of nitroso groups, excluding NO2 is 1. The molecule has 0 saturated heterocycles. The summed E-state index contributed by atoms with van der Waals surface area (Å²) in [6.45, 7) is 0. The summed E-state index contributed by atoms with van der Waals surface area (Å²) in [7, 11) is 0. The molecular weight excluding hydrogens is 476 g/mol. The van der Waals surface area contributed by atoms with Gasteiger partial charge in [0.2, 0.25) is 0 Å². The third-order valence-electron chi connectivity index (χ3n) is 6.43. The van der Waals surface area contributed by atoms with E-state index in [2.05, 4.69) is 5.32 Å². The Balaban J connectivity index is 1.62. The van der Waals surface area contributed by atoms with Crippen LogP contribution in [0.2, 0.25) is 5.02 Å². The Kier molecular flexibility index (Phi) is 4.98. The highest BCUT2D eigenvalue weighted by Crippen LogP contribution is 2.53. The lowest BCUT2D eigenvalue weighted by Crippen LogP contribution is -2.13. The highest BCUT2D eigenvalue weighted by atomic mass is 35.5. The molecule has 1 aliphatic rings. The number of hydrogen-bond donors (Lipinski definition) is 3. The largest absolute Gasteiger partial charge is 0.506 e. The van der Waals surface area contributed by atoms with Gasteiger partial charge in [0, 0.05) is 21.9 Å². The molecule has 6 rings (SSSR count). The second-order valence-corrected chi connectivity index (χ2v) is 8.85. The van der Waals surface area contributed by atoms with E-state index in [0.717, 1.165) is 15.9 Å². The van der Waals surface area contributed by atoms with E-state index in [4.69, 9.17) is 11.6 Å². The minimum Gasteiger partial charge on any atom is -0.506 e. The number of benzene rings is 5. The molecule has 6 nitrogen and oxygen atoms in total. The van der Waals surface area contributed by atoms with Crippen LogP contribution in [0.5, 0.6) is 11.5 Å². The van der Waals surface area contributed by atoms with Crippen LogP contribution in [0.3, 0.4) is 0 Å². The maximum absolute atomic E-state index is 13.4. The van der Waals surface area contributed by atoms with Gasteiger partial charge in [-0.05, 0) is 35.7 Å². The molecule has 5 aromatic carbocycles. The van der Waals surface area contributed by atoms with E-state index < -0.39 is 11.7 Å². The van der Waals surface area contributed by atoms with Crippen molar-refractivity contribution in [1.82, 2.24) is 4.76 Å². The molecule has 1 heterocycles. The van der Waals surface area contributed by atoms with E-state index in [-0.39, 0.29) is 16.9 Å². The second kappa shape index (κ2) is 8.22. The number of rotatable bonds is 3. The van der Waals surface area contributed by atoms with Gasteiger partial charge in [-0.3, -0.25) is 4.79 Å². The van der Waals surface area contributed by atoms with Gasteiger partial charge >= 0.3 is 0 Å². The SMILES string of the molecule is O=C(Nc1ccccc1Cl)c1c(O)c(-c2cccc3c2[N+](=O)c2ccccc2-3)c2ccccc2c1O. The predicted molar refractivity (Wildman–Crippen MR) is 142 cm³/mol. The number of amides is 1. The zero-order valence-corrected chi connectivity index (χ0v) is 19.5. The Morgan fingerprint density at radius 2 is 1.36 bits per heavy atom. The average Bonchev–Trinajstić information content (AvgIpc) is 3.18. The fraction of sp³-hybridized carbons (Fsp3) is 0. The van der Waals surface area contributed by atoms with Crippen molar-refractivity contribution >= 4 is 45.3 Å². The third kappa shape index (κ3) is 3.16. The molecule has 0 atom stereocenters. The molecule has 0 saturated carbocycles. The number of carbonyl (C=O) groups is 1. The van der Waals surface area contributed by atoms with Crippen LogP contribution >= 0.6 is 11.6 Å². The Labute approximate surface area is 210 Å². The predicted octanol–water partition coefficient (Wildman–Crippen LogP) is 7.41. The lowest BCUT2D eigenvalue weighted by molar-refractivity contribution is 0.102. The molecule has 7 heteroatoms. The number of para-hydroxylation sites is 3. The van der Waals surface area contributed by atoms with Crippen molar-refractivity contribution in [2.45, 2.75) is 0 Å². The number of hydrogen-bond acceptors (Lipinski definition) is 4. The quantitative estimate of drug-likeness (QED) is 0.224. The van der Waals surface area contributed by atoms with E-state index >= 15 is 0 Å². The Hall–Kier alpha value is -4.68. The van der Waals surface area contributed by atoms with Crippen LogP contribution in [-0.2, 0) is 0 Å². The lowest BCUT2D eigenvalue weighted by atomic mass is 9.90. The van der Waals surface area contributed by atoms with Gasteiger partial charge in [0.05, 0.1) is 32.2 Å². The number of phenols is 2. The number of anilines is 1. The number of halogens is 1. The van der Waals surface area contributed by atoms with Gasteiger partial charge in [0.25, 0.3) is 17.3 Å². The number of fused-ring (bicyclic) bond motifs is 4. The Bertz CT molecular complexity index is 1750. The molecule has 0 aliphatic carbocycles. The minimum atomic E-state index is -0.736. The molecule has 174 valence electrons. The first-order chi connectivity index (χ1) is 17.5. The molecule has 0 spiro atoms. The molecule has 3 N–H and O–H groups in total. The van der Waals surface area contributed by atoms with Gasteiger partial charge in [0.15, 0.2) is 0 Å². The molecule has 1 amide bonds. The van der Waals surface area contributed by atoms with Gasteiger partial charge in [-0.15, -0.1) is 0 Å². The molecule has 0 radical (unpaired) electrons. The lowest BCUT2D eigenvalue weighted by Gasteiger charge is -2.16. The molecule has 0 bridgehead atoms. The molecule has 0 unspecified atom stereocenters. The Morgan fingerprint density at radius 3 is 2.17 bits per heavy atom. The summed E-state index contributed by atoms with van der Waals surface area (Å²) in [5.41, 5.74) is 3.10. The van der Waals surface area contributed by atoms with Crippen LogP contribution < -0.4 is 10.1 Å². The average molecular weight is 494 g/mol. The van der Waals surface area contributed by atoms with E-state index in [0.29, 0.717) is 38.4 Å². The van der Waals surface area contributed by atoms with Crippen LogP contribution in [0.15, 0.2) is 91.0 Å². The highest BCUT2D eigenvalue weighted by molar-refractivity contribution is 6.34. The van der Waals surface area contributed by atoms with Crippen molar-refractivity contribution in [2.75, 3.05) is 5.32 Å². The summed E-state index contributed by atoms with van der Waals surface area (Å²) >= 11 is 6.20. The number of nitrogens with zero attached hydrogens (tertiary/aromatic N) is 1. The first kappa shape index (κ1) is 21.8. The highest BCUT2D eigenvalue weighted by Gasteiger charge is 2.39. The van der Waals surface area contributed by atoms with E-state index in [1.807, 2.05) is 18.2 Å². The van der Waals surface area contributed by atoms with Crippen LogP contribution in [0, 0.1) is 4.91 Å². The van der Waals surface area contributed by atoms with Crippen molar-refractivity contribution in [3.63, 3.8) is 0 Å². The molecule has 0 aromatic heterocycles. The first-order valence-electron chi connectivity index (χ1n) is 11.2. The van der Waals surface area contributed by atoms with Crippen molar-refractivity contribution in [1.29, 1.82) is 0 Å². The number of carbonyl (C=O) groups excluding carboxylic acids is 1. The van der Waals surface area contributed by atoms with E-state index in [9.17, 15) is 19.9 Å². The normalized spacial score (nSPS) is 11.9. The maximum Gasteiger partial charge on any atom is 0.279 e. The van der Waals surface area contributed by atoms with Crippen molar-refractivity contribution in [3.8, 4) is 33.8 Å². The van der Waals surface area contributed by atoms with Gasteiger partial charge in [-0.2, -0.15) is 0 Å². The monoisotopic (exact) mass is 493 g/mol. The number of aromatic hydroxyl groups is 2. The van der Waals surface area contributed by atoms with Crippen LogP contribution in [0.25, 0.3) is 33.0 Å². The molecular formula is C29H18ClN2O4+. The molecule has 0 fully saturated rings. The summed E-state index contributed by atoms with van der Waals surface area (Å²) < 4.78 is 0.838. The van der Waals surface area contributed by atoms with Crippen molar-refractivity contribution in [2.24, 2.45) is 0 Å². The van der Waals surface area contributed by atoms with Gasteiger partial charge in [-0.25, -0.2) is 0 Å². The summed E-state index contributed by atoms with van der Waals surface area (Å²) in [5.74, 6) is -1.54. The van der Waals surface area contributed by atoms with Gasteiger partial charge < -0.3 is 15.5 Å². The van der Waals surface area contributed by atoms with Gasteiger partial charge in [-0.1, -0.05) is 66.2 Å². The summed E-state index contributed by atoms with van der Waals surface area (Å²) in [4.78, 5) is 26.7. The summed E-state index contributed by atoms with van der Waals surface area (Å²) in [6.07, 6.45) is 0. The molecule has 1 aliphatic heterocycles. The van der Waals surface area contributed by atoms with Gasteiger partial charge in [0.1, 0.15) is 17.1 Å². The minimum absolute atomic E-state index is 0.276. The van der Waals surface area contributed by atoms with E-state index in [1.165, 1.54) is 0 Å². The molecule has 36 heavy (non-hydrogen) atoms. The third-order valence-corrected chi connectivity index (χ3v) is 6.76. The number of phenolic OH excluding ortho intramolecular Hbond substituents is 2. The fourth-order valence-electron chi connectivity index (χ4n) is 4.82. The van der Waals surface area contributed by atoms with Crippen molar-refractivity contribution < 1.29 is 15.0 Å². The first-order valence-corrected chi connectivity index (χ1v) is 11.6. The smallest absolute Gasteiger partial charge is 0.279 e. The Morgan fingerprint density at radius 1 is 0.722 bits per heavy atom. The standard InChI is InChI=1S/C29H17ClN2O4/c30-21-13-4-5-14-22(21)31-29(35)25-27(33)19-10-2-1-9-17(19)24(28(25)34)20-12-7-11-18-16-8-3-6-15-23(16)32(36)26(18)20/h1-15H,(H2-,31,33,34,35,36)/p+1. The zero-order valence-electron chi connectivity index (χ0n) is 18.7. The fourth-order valence-corrected chi connectivity index (χ4v) is 5.01. The number of nitrogens with one attached hydrogen (secondary N) is 1. The van der Waals surface area contributed by atoms with Crippen LogP contribution in [0.1, 0.15) is 10.4 Å². The molecule has 5 aromatic rings. The van der Waals surface area contributed by atoms with Crippen LogP contribution in [0.4, 0.5) is 17.1 Å². The van der Waals surface area contributed by atoms with E-state index in [1.54, 1.807) is 72.8 Å². The summed E-state index contributed by atoms with van der Waals surface area (Å²) in [6, 6.07) is 26.2. The zero-order chi connectivity index (χ0) is 25.0. The summed E-state index contributed by atoms with van der Waals surface area (Å²) in [5, 5.41) is 26.4. The van der Waals surface area contributed by atoms with Crippen molar-refractivity contribution in [3.05, 3.63) is 106 Å². The van der Waals surface area contributed by atoms with Crippen LogP contribution in [-0.4, -0.2) is 16.1 Å². The topological polar surface area (TPSA) is 89.6 Å².